The van der Waals surface area contributed by atoms with Crippen LogP contribution in [0.1, 0.15) is 50.5 Å². The van der Waals surface area contributed by atoms with Crippen LogP contribution in [0.3, 0.4) is 0 Å². The first-order chi connectivity index (χ1) is 21.7. The zero-order chi connectivity index (χ0) is 32.5. The Morgan fingerprint density at radius 2 is 1.56 bits per heavy atom. The highest BCUT2D eigenvalue weighted by Crippen LogP contribution is 2.59. The van der Waals surface area contributed by atoms with E-state index in [9.17, 15) is 9.13 Å². The number of methoxy groups -OCH3 is 1. The van der Waals surface area contributed by atoms with Crippen molar-refractivity contribution in [1.29, 1.82) is 0 Å². The van der Waals surface area contributed by atoms with Crippen LogP contribution in [0.4, 0.5) is 0 Å². The van der Waals surface area contributed by atoms with Crippen LogP contribution in [0.25, 0.3) is 22.4 Å². The average molecular weight is 658 g/mol. The van der Waals surface area contributed by atoms with E-state index in [1.807, 2.05) is 71.0 Å². The number of hydrogen-bond donors (Lipinski definition) is 4. The molecule has 0 saturated carbocycles. The summed E-state index contributed by atoms with van der Waals surface area (Å²) in [6, 6.07) is 11.2. The molecule has 0 spiro atoms. The van der Waals surface area contributed by atoms with Gasteiger partial charge in [-0.1, -0.05) is 27.7 Å². The Hall–Kier alpha value is -3.11. The summed E-state index contributed by atoms with van der Waals surface area (Å²) in [5.74, 6) is 2.44. The largest absolute Gasteiger partial charge is 0.495 e. The van der Waals surface area contributed by atoms with Crippen LogP contribution in [0, 0.1) is 6.92 Å². The first kappa shape index (κ1) is 34.8. The lowest BCUT2D eigenvalue weighted by molar-refractivity contribution is 0.320. The maximum absolute atomic E-state index is 14.5. The first-order valence-corrected chi connectivity index (χ1v) is 19.0. The molecule has 14 heteroatoms. The normalized spacial score (nSPS) is 12.8. The smallest absolute Gasteiger partial charge is 0.226 e. The fourth-order valence-corrected chi connectivity index (χ4v) is 10.9. The second-order valence-corrected chi connectivity index (χ2v) is 15.5. The van der Waals surface area contributed by atoms with Gasteiger partial charge in [-0.15, -0.1) is 0 Å². The van der Waals surface area contributed by atoms with Crippen LogP contribution in [0.15, 0.2) is 53.2 Å². The van der Waals surface area contributed by atoms with Crippen LogP contribution in [0.5, 0.6) is 11.5 Å². The van der Waals surface area contributed by atoms with E-state index in [1.54, 1.807) is 19.5 Å². The second-order valence-electron chi connectivity index (χ2n) is 10.4. The predicted molar refractivity (Wildman–Crippen MR) is 179 cm³/mol. The molecule has 0 saturated heterocycles. The standard InChI is InChI=1S/C31H45N7O5P2/c1-7-33-44(39,34-8-2)21-29(45(40,35-9-3)36-10-4)30-28(41-6)20-24-19-25(11-12-27(24)37-30)42-18-15-26-22(5)43-31(38-26)23-13-16-32-17-14-23/h11-14,16-17,19-20,29H,7-10,15,18,21H2,1-6H3,(H2,33,34,39)(H2,35,36,40). The minimum absolute atomic E-state index is 0.0758. The molecule has 3 aromatic heterocycles. The number of pyridine rings is 2. The lowest BCUT2D eigenvalue weighted by atomic mass is 10.1. The minimum atomic E-state index is -3.33. The van der Waals surface area contributed by atoms with Crippen molar-refractivity contribution in [3.05, 3.63) is 65.9 Å². The molecule has 244 valence electrons. The van der Waals surface area contributed by atoms with Crippen LogP contribution < -0.4 is 29.8 Å². The zero-order valence-electron chi connectivity index (χ0n) is 26.9. The maximum Gasteiger partial charge on any atom is 0.226 e. The molecule has 1 atom stereocenters. The second kappa shape index (κ2) is 15.9. The Bertz CT molecular complexity index is 1630. The molecule has 1 unspecified atom stereocenters. The molecule has 0 aliphatic heterocycles. The van der Waals surface area contributed by atoms with Crippen LogP contribution >= 0.6 is 14.9 Å². The maximum atomic E-state index is 14.5. The molecular formula is C31H45N7O5P2. The third kappa shape index (κ3) is 8.58. The van der Waals surface area contributed by atoms with Gasteiger partial charge in [0.1, 0.15) is 17.3 Å². The van der Waals surface area contributed by atoms with Crippen molar-refractivity contribution in [3.8, 4) is 23.0 Å². The number of ether oxygens (including phenoxy) is 2. The van der Waals surface area contributed by atoms with Crippen LogP contribution in [0.2, 0.25) is 0 Å². The van der Waals surface area contributed by atoms with Crippen molar-refractivity contribution in [1.82, 2.24) is 35.3 Å². The Labute approximate surface area is 265 Å². The molecule has 12 nitrogen and oxygen atoms in total. The Kier molecular flexibility index (Phi) is 12.3. The topological polar surface area (TPSA) is 153 Å². The number of aromatic nitrogens is 3. The number of rotatable bonds is 18. The lowest BCUT2D eigenvalue weighted by Crippen LogP contribution is -2.32. The van der Waals surface area contributed by atoms with E-state index >= 15 is 0 Å². The van der Waals surface area contributed by atoms with Crippen molar-refractivity contribution in [2.45, 2.75) is 46.7 Å². The third-order valence-electron chi connectivity index (χ3n) is 7.22. The summed E-state index contributed by atoms with van der Waals surface area (Å²) in [6.07, 6.45) is 4.06. The Morgan fingerprint density at radius 3 is 2.18 bits per heavy atom. The molecular weight excluding hydrogens is 612 g/mol. The first-order valence-electron chi connectivity index (χ1n) is 15.4. The zero-order valence-corrected chi connectivity index (χ0v) is 28.7. The van der Waals surface area contributed by atoms with Gasteiger partial charge in [0.2, 0.25) is 20.8 Å². The molecule has 0 aliphatic carbocycles. The van der Waals surface area contributed by atoms with Crippen molar-refractivity contribution in [2.24, 2.45) is 0 Å². The molecule has 0 aliphatic rings. The fourth-order valence-electron chi connectivity index (χ4n) is 5.24. The van der Waals surface area contributed by atoms with Crippen molar-refractivity contribution >= 4 is 25.8 Å². The summed E-state index contributed by atoms with van der Waals surface area (Å²) >= 11 is 0. The molecule has 0 amide bonds. The minimum Gasteiger partial charge on any atom is -0.495 e. The summed E-state index contributed by atoms with van der Waals surface area (Å²) in [6.45, 7) is 11.8. The van der Waals surface area contributed by atoms with Gasteiger partial charge < -0.3 is 13.9 Å². The van der Waals surface area contributed by atoms with E-state index < -0.39 is 20.5 Å². The Balaban J connectivity index is 1.61. The number of nitrogens with one attached hydrogen (secondary N) is 4. The molecule has 0 fully saturated rings. The van der Waals surface area contributed by atoms with Gasteiger partial charge in [-0.3, -0.25) is 34.5 Å². The highest BCUT2D eigenvalue weighted by molar-refractivity contribution is 7.64. The van der Waals surface area contributed by atoms with Crippen molar-refractivity contribution in [3.63, 3.8) is 0 Å². The van der Waals surface area contributed by atoms with Crippen molar-refractivity contribution in [2.75, 3.05) is 46.1 Å². The number of nitrogens with zero attached hydrogens (tertiary/aromatic N) is 3. The molecule has 4 aromatic rings. The number of fused-ring (bicyclic) bond motifs is 1. The molecule has 0 bridgehead atoms. The SMILES string of the molecule is CCNP(=O)(CC(c1nc2ccc(OCCc3nc(-c4ccncc4)oc3C)cc2cc1OC)P(=O)(NCC)NCC)NCC. The van der Waals surface area contributed by atoms with E-state index in [4.69, 9.17) is 18.9 Å². The molecule has 4 rings (SSSR count). The van der Waals surface area contributed by atoms with E-state index in [0.29, 0.717) is 67.8 Å². The predicted octanol–water partition coefficient (Wildman–Crippen LogP) is 6.09. The summed E-state index contributed by atoms with van der Waals surface area (Å²) in [5, 5.41) is 13.3. The summed E-state index contributed by atoms with van der Waals surface area (Å²) in [5.41, 5.74) is 2.13. The number of aryl methyl sites for hydroxylation is 1. The molecule has 3 heterocycles. The van der Waals surface area contributed by atoms with Gasteiger partial charge in [0.25, 0.3) is 0 Å². The molecule has 0 radical (unpaired) electrons. The number of benzene rings is 1. The van der Waals surface area contributed by atoms with Gasteiger partial charge in [-0.25, -0.2) is 9.97 Å². The quantitative estimate of drug-likeness (QED) is 0.0917. The summed E-state index contributed by atoms with van der Waals surface area (Å²) in [7, 11) is -4.89. The van der Waals surface area contributed by atoms with Gasteiger partial charge in [-0.05, 0) is 69.5 Å². The fraction of sp³-hybridized carbons (Fsp3) is 0.452. The lowest BCUT2D eigenvalue weighted by Gasteiger charge is -2.32. The molecule has 1 aromatic carbocycles. The highest BCUT2D eigenvalue weighted by atomic mass is 31.2. The number of oxazole rings is 1. The summed E-state index contributed by atoms with van der Waals surface area (Å²) in [4.78, 5) is 13.6. The van der Waals surface area contributed by atoms with Crippen LogP contribution in [-0.4, -0.2) is 61.0 Å². The average Bonchev–Trinajstić information content (AvgIpc) is 3.40. The monoisotopic (exact) mass is 657 g/mol. The highest BCUT2D eigenvalue weighted by Gasteiger charge is 2.41. The molecule has 45 heavy (non-hydrogen) atoms. The van der Waals surface area contributed by atoms with Gasteiger partial charge in [0, 0.05) is 35.9 Å². The van der Waals surface area contributed by atoms with Gasteiger partial charge in [-0.2, -0.15) is 0 Å². The van der Waals surface area contributed by atoms with Gasteiger partial charge in [0.05, 0.1) is 36.3 Å². The third-order valence-corrected chi connectivity index (χ3v) is 12.9. The molecule has 4 N–H and O–H groups in total. The van der Waals surface area contributed by atoms with Crippen LogP contribution in [-0.2, 0) is 15.6 Å². The number of hydrogen-bond acceptors (Lipinski definition) is 8. The Morgan fingerprint density at radius 1 is 0.889 bits per heavy atom. The van der Waals surface area contributed by atoms with E-state index in [2.05, 4.69) is 30.3 Å². The van der Waals surface area contributed by atoms with Crippen molar-refractivity contribution < 1.29 is 23.0 Å². The van der Waals surface area contributed by atoms with Gasteiger partial charge in [0.15, 0.2) is 0 Å². The van der Waals surface area contributed by atoms with Gasteiger partial charge >= 0.3 is 0 Å². The van der Waals surface area contributed by atoms with E-state index in [0.717, 1.165) is 22.4 Å². The van der Waals surface area contributed by atoms with E-state index in [1.165, 1.54) is 0 Å². The summed E-state index contributed by atoms with van der Waals surface area (Å²) < 4.78 is 46.2. The van der Waals surface area contributed by atoms with E-state index in [-0.39, 0.29) is 6.16 Å².